The van der Waals surface area contributed by atoms with Crippen LogP contribution in [0.4, 0.5) is 13.2 Å². The standard InChI is InChI=1S/C16H13F3O2/c17-16(18,19)12-5-1-4-11(9-12)14(20)13-6-2-3-10-7-8-21-15(10)13/h1-6,9,14,20H,7-8H2. The summed E-state index contributed by atoms with van der Waals surface area (Å²) in [7, 11) is 0. The molecule has 1 heterocycles. The molecule has 2 aromatic rings. The van der Waals surface area contributed by atoms with Crippen molar-refractivity contribution in [3.8, 4) is 5.75 Å². The van der Waals surface area contributed by atoms with Crippen LogP contribution in [0.3, 0.4) is 0 Å². The van der Waals surface area contributed by atoms with Crippen LogP contribution in [0, 0.1) is 0 Å². The van der Waals surface area contributed by atoms with Crippen molar-refractivity contribution in [2.45, 2.75) is 18.7 Å². The molecular formula is C16H13F3O2. The van der Waals surface area contributed by atoms with E-state index in [4.69, 9.17) is 4.74 Å². The second kappa shape index (κ2) is 5.07. The zero-order valence-corrected chi connectivity index (χ0v) is 11.0. The molecule has 3 rings (SSSR count). The molecule has 5 heteroatoms. The summed E-state index contributed by atoms with van der Waals surface area (Å²) < 4.78 is 43.7. The molecule has 1 aliphatic rings. The number of rotatable bonds is 2. The van der Waals surface area contributed by atoms with Gasteiger partial charge in [0.2, 0.25) is 0 Å². The Kier molecular flexibility index (Phi) is 3.37. The fraction of sp³-hybridized carbons (Fsp3) is 0.250. The number of ether oxygens (including phenoxy) is 1. The van der Waals surface area contributed by atoms with Crippen molar-refractivity contribution in [2.75, 3.05) is 6.61 Å². The first-order valence-corrected chi connectivity index (χ1v) is 6.56. The SMILES string of the molecule is OC(c1cccc(C(F)(F)F)c1)c1cccc2c1OCC2. The summed E-state index contributed by atoms with van der Waals surface area (Å²) in [5, 5.41) is 10.4. The van der Waals surface area contributed by atoms with E-state index in [0.29, 0.717) is 17.9 Å². The molecule has 1 aliphatic heterocycles. The third-order valence-corrected chi connectivity index (χ3v) is 3.57. The Labute approximate surface area is 119 Å². The molecule has 2 nitrogen and oxygen atoms in total. The average molecular weight is 294 g/mol. The second-order valence-corrected chi connectivity index (χ2v) is 4.96. The van der Waals surface area contributed by atoms with E-state index >= 15 is 0 Å². The van der Waals surface area contributed by atoms with E-state index in [9.17, 15) is 18.3 Å². The zero-order chi connectivity index (χ0) is 15.0. The molecule has 2 aromatic carbocycles. The maximum atomic E-state index is 12.7. The highest BCUT2D eigenvalue weighted by molar-refractivity contribution is 5.48. The van der Waals surface area contributed by atoms with E-state index in [0.717, 1.165) is 24.1 Å². The number of fused-ring (bicyclic) bond motifs is 1. The van der Waals surface area contributed by atoms with Crippen molar-refractivity contribution in [3.05, 3.63) is 64.7 Å². The van der Waals surface area contributed by atoms with Gasteiger partial charge in [0.1, 0.15) is 11.9 Å². The molecule has 0 radical (unpaired) electrons. The average Bonchev–Trinajstić information content (AvgIpc) is 2.94. The minimum absolute atomic E-state index is 0.203. The Morgan fingerprint density at radius 1 is 1.10 bits per heavy atom. The van der Waals surface area contributed by atoms with Gasteiger partial charge in [-0.3, -0.25) is 0 Å². The Hall–Kier alpha value is -2.01. The van der Waals surface area contributed by atoms with Crippen LogP contribution in [0.25, 0.3) is 0 Å². The monoisotopic (exact) mass is 294 g/mol. The predicted octanol–water partition coefficient (Wildman–Crippen LogP) is 3.72. The quantitative estimate of drug-likeness (QED) is 0.914. The van der Waals surface area contributed by atoms with Gasteiger partial charge in [-0.25, -0.2) is 0 Å². The van der Waals surface area contributed by atoms with E-state index in [1.807, 2.05) is 6.07 Å². The van der Waals surface area contributed by atoms with E-state index in [-0.39, 0.29) is 5.56 Å². The van der Waals surface area contributed by atoms with Crippen LogP contribution in [-0.4, -0.2) is 11.7 Å². The van der Waals surface area contributed by atoms with E-state index < -0.39 is 17.8 Å². The van der Waals surface area contributed by atoms with Crippen molar-refractivity contribution in [3.63, 3.8) is 0 Å². The molecule has 1 atom stereocenters. The minimum atomic E-state index is -4.43. The summed E-state index contributed by atoms with van der Waals surface area (Å²) in [5.41, 5.74) is 0.907. The minimum Gasteiger partial charge on any atom is -0.493 e. The lowest BCUT2D eigenvalue weighted by molar-refractivity contribution is -0.137. The molecular weight excluding hydrogens is 281 g/mol. The molecule has 0 fully saturated rings. The number of aliphatic hydroxyl groups excluding tert-OH is 1. The van der Waals surface area contributed by atoms with Gasteiger partial charge in [-0.15, -0.1) is 0 Å². The van der Waals surface area contributed by atoms with Crippen LogP contribution in [0.5, 0.6) is 5.75 Å². The summed E-state index contributed by atoms with van der Waals surface area (Å²) >= 11 is 0. The predicted molar refractivity (Wildman–Crippen MR) is 71.1 cm³/mol. The van der Waals surface area contributed by atoms with Crippen molar-refractivity contribution < 1.29 is 23.0 Å². The lowest BCUT2D eigenvalue weighted by Gasteiger charge is -2.16. The summed E-state index contributed by atoms with van der Waals surface area (Å²) in [4.78, 5) is 0. The highest BCUT2D eigenvalue weighted by Gasteiger charge is 2.31. The highest BCUT2D eigenvalue weighted by atomic mass is 19.4. The smallest absolute Gasteiger partial charge is 0.416 e. The fourth-order valence-corrected chi connectivity index (χ4v) is 2.52. The Morgan fingerprint density at radius 3 is 2.62 bits per heavy atom. The van der Waals surface area contributed by atoms with Crippen LogP contribution in [0.1, 0.15) is 28.4 Å². The zero-order valence-electron chi connectivity index (χ0n) is 11.0. The van der Waals surface area contributed by atoms with Crippen molar-refractivity contribution in [1.82, 2.24) is 0 Å². The molecule has 0 saturated heterocycles. The topological polar surface area (TPSA) is 29.5 Å². The first kappa shape index (κ1) is 13.9. The van der Waals surface area contributed by atoms with Crippen LogP contribution in [-0.2, 0) is 12.6 Å². The fourth-order valence-electron chi connectivity index (χ4n) is 2.52. The van der Waals surface area contributed by atoms with Gasteiger partial charge in [-0.1, -0.05) is 30.3 Å². The number of halogens is 3. The van der Waals surface area contributed by atoms with Gasteiger partial charge in [-0.05, 0) is 23.3 Å². The molecule has 21 heavy (non-hydrogen) atoms. The summed E-state index contributed by atoms with van der Waals surface area (Å²) in [6.07, 6.45) is -4.82. The number of hydrogen-bond donors (Lipinski definition) is 1. The van der Waals surface area contributed by atoms with E-state index in [1.165, 1.54) is 12.1 Å². The lowest BCUT2D eigenvalue weighted by atomic mass is 9.97. The Morgan fingerprint density at radius 2 is 1.86 bits per heavy atom. The van der Waals surface area contributed by atoms with Crippen molar-refractivity contribution in [2.24, 2.45) is 0 Å². The van der Waals surface area contributed by atoms with E-state index in [1.54, 1.807) is 12.1 Å². The van der Waals surface area contributed by atoms with Gasteiger partial charge in [-0.2, -0.15) is 13.2 Å². The van der Waals surface area contributed by atoms with Gasteiger partial charge >= 0.3 is 6.18 Å². The molecule has 1 unspecified atom stereocenters. The molecule has 110 valence electrons. The molecule has 0 amide bonds. The van der Waals surface area contributed by atoms with Gasteiger partial charge in [0, 0.05) is 12.0 Å². The summed E-state index contributed by atoms with van der Waals surface area (Å²) in [6, 6.07) is 10.1. The van der Waals surface area contributed by atoms with Gasteiger partial charge < -0.3 is 9.84 Å². The first-order valence-electron chi connectivity index (χ1n) is 6.56. The van der Waals surface area contributed by atoms with Crippen LogP contribution in [0.15, 0.2) is 42.5 Å². The second-order valence-electron chi connectivity index (χ2n) is 4.96. The number of benzene rings is 2. The number of aliphatic hydroxyl groups is 1. The molecule has 0 spiro atoms. The molecule has 0 aliphatic carbocycles. The number of alkyl halides is 3. The maximum absolute atomic E-state index is 12.7. The number of para-hydroxylation sites is 1. The molecule has 0 saturated carbocycles. The van der Waals surface area contributed by atoms with Crippen LogP contribution >= 0.6 is 0 Å². The summed E-state index contributed by atoms with van der Waals surface area (Å²) in [6.45, 7) is 0.529. The van der Waals surface area contributed by atoms with E-state index in [2.05, 4.69) is 0 Å². The van der Waals surface area contributed by atoms with Gasteiger partial charge in [0.15, 0.2) is 0 Å². The van der Waals surface area contributed by atoms with Crippen LogP contribution in [0.2, 0.25) is 0 Å². The maximum Gasteiger partial charge on any atom is 0.416 e. The summed E-state index contributed by atoms with van der Waals surface area (Å²) in [5.74, 6) is 0.586. The first-order chi connectivity index (χ1) is 9.97. The highest BCUT2D eigenvalue weighted by Crippen LogP contribution is 2.37. The number of hydrogen-bond acceptors (Lipinski definition) is 2. The third kappa shape index (κ3) is 2.61. The van der Waals surface area contributed by atoms with Gasteiger partial charge in [0.25, 0.3) is 0 Å². The molecule has 0 aromatic heterocycles. The molecule has 0 bridgehead atoms. The Balaban J connectivity index is 2.00. The Bertz CT molecular complexity index is 665. The van der Waals surface area contributed by atoms with Gasteiger partial charge in [0.05, 0.1) is 12.2 Å². The lowest BCUT2D eigenvalue weighted by Crippen LogP contribution is -2.08. The normalized spacial score (nSPS) is 15.4. The van der Waals surface area contributed by atoms with Crippen molar-refractivity contribution in [1.29, 1.82) is 0 Å². The largest absolute Gasteiger partial charge is 0.493 e. The molecule has 1 N–H and O–H groups in total. The third-order valence-electron chi connectivity index (χ3n) is 3.57. The van der Waals surface area contributed by atoms with Crippen LogP contribution < -0.4 is 4.74 Å². The van der Waals surface area contributed by atoms with Crippen molar-refractivity contribution >= 4 is 0 Å².